The summed E-state index contributed by atoms with van der Waals surface area (Å²) >= 11 is 5.93. The molecule has 1 aliphatic rings. The van der Waals surface area contributed by atoms with Crippen molar-refractivity contribution in [2.45, 2.75) is 12.5 Å². The second kappa shape index (κ2) is 3.51. The number of imidazole rings is 1. The van der Waals surface area contributed by atoms with Crippen LogP contribution in [0.15, 0.2) is 24.5 Å². The number of nitrogens with one attached hydrogen (secondary N) is 1. The third-order valence-corrected chi connectivity index (χ3v) is 3.20. The van der Waals surface area contributed by atoms with Crippen LogP contribution in [0, 0.1) is 0 Å². The quantitative estimate of drug-likeness (QED) is 0.801. The Labute approximate surface area is 93.1 Å². The molecule has 1 fully saturated rings. The van der Waals surface area contributed by atoms with Crippen LogP contribution < -0.4 is 5.32 Å². The molecule has 0 saturated carbocycles. The van der Waals surface area contributed by atoms with E-state index in [9.17, 15) is 0 Å². The number of halogens is 1. The lowest BCUT2D eigenvalue weighted by Gasteiger charge is -2.11. The van der Waals surface area contributed by atoms with Gasteiger partial charge < -0.3 is 9.88 Å². The molecule has 1 saturated heterocycles. The summed E-state index contributed by atoms with van der Waals surface area (Å²) in [6.45, 7) is 2.13. The first-order chi connectivity index (χ1) is 7.34. The van der Waals surface area contributed by atoms with E-state index in [0.29, 0.717) is 6.04 Å². The summed E-state index contributed by atoms with van der Waals surface area (Å²) in [6, 6.07) is 6.42. The highest BCUT2D eigenvalue weighted by Crippen LogP contribution is 2.23. The van der Waals surface area contributed by atoms with Crippen molar-refractivity contribution in [3.8, 4) is 0 Å². The molecule has 0 bridgehead atoms. The molecule has 3 nitrogen and oxygen atoms in total. The van der Waals surface area contributed by atoms with E-state index in [2.05, 4.69) is 14.9 Å². The molecule has 0 amide bonds. The minimum absolute atomic E-state index is 0.538. The van der Waals surface area contributed by atoms with Crippen LogP contribution in [0.2, 0.25) is 5.02 Å². The zero-order valence-corrected chi connectivity index (χ0v) is 9.04. The summed E-state index contributed by atoms with van der Waals surface area (Å²) in [5.41, 5.74) is 2.16. The minimum atomic E-state index is 0.538. The second-order valence-corrected chi connectivity index (χ2v) is 4.37. The topological polar surface area (TPSA) is 29.9 Å². The van der Waals surface area contributed by atoms with Crippen molar-refractivity contribution >= 4 is 22.6 Å². The van der Waals surface area contributed by atoms with Crippen LogP contribution in [-0.4, -0.2) is 22.6 Å². The van der Waals surface area contributed by atoms with Crippen LogP contribution in [0.25, 0.3) is 11.0 Å². The van der Waals surface area contributed by atoms with Gasteiger partial charge in [-0.05, 0) is 31.2 Å². The van der Waals surface area contributed by atoms with Crippen molar-refractivity contribution in [3.05, 3.63) is 29.5 Å². The van der Waals surface area contributed by atoms with Crippen LogP contribution in [-0.2, 0) is 0 Å². The fraction of sp³-hybridized carbons (Fsp3) is 0.364. The Bertz CT molecular complexity index is 486. The van der Waals surface area contributed by atoms with Crippen LogP contribution in [0.3, 0.4) is 0 Å². The molecule has 1 N–H and O–H groups in total. The van der Waals surface area contributed by atoms with Crippen LogP contribution in [0.4, 0.5) is 0 Å². The molecule has 0 unspecified atom stereocenters. The molecule has 0 spiro atoms. The number of rotatable bonds is 1. The largest absolute Gasteiger partial charge is 0.326 e. The van der Waals surface area contributed by atoms with Gasteiger partial charge in [0.1, 0.15) is 0 Å². The SMILES string of the molecule is Clc1ccc2c(c1)ncn2[C@@H]1CCNC1. The Morgan fingerprint density at radius 1 is 1.47 bits per heavy atom. The van der Waals surface area contributed by atoms with Crippen molar-refractivity contribution in [3.63, 3.8) is 0 Å². The van der Waals surface area contributed by atoms with Crippen LogP contribution in [0.5, 0.6) is 0 Å². The maximum Gasteiger partial charge on any atom is 0.0961 e. The molecule has 1 aliphatic heterocycles. The van der Waals surface area contributed by atoms with Gasteiger partial charge in [0, 0.05) is 17.6 Å². The van der Waals surface area contributed by atoms with Gasteiger partial charge in [0.2, 0.25) is 0 Å². The number of hydrogen-bond acceptors (Lipinski definition) is 2. The van der Waals surface area contributed by atoms with E-state index in [1.54, 1.807) is 0 Å². The summed E-state index contributed by atoms with van der Waals surface area (Å²) in [4.78, 5) is 4.37. The van der Waals surface area contributed by atoms with E-state index >= 15 is 0 Å². The third kappa shape index (κ3) is 1.52. The molecular weight excluding hydrogens is 210 g/mol. The van der Waals surface area contributed by atoms with Crippen LogP contribution in [0.1, 0.15) is 12.5 Å². The smallest absolute Gasteiger partial charge is 0.0961 e. The van der Waals surface area contributed by atoms with Gasteiger partial charge in [0.15, 0.2) is 0 Å². The lowest BCUT2D eigenvalue weighted by molar-refractivity contribution is 0.561. The summed E-state index contributed by atoms with van der Waals surface area (Å²) in [5.74, 6) is 0. The normalized spacial score (nSPS) is 21.3. The van der Waals surface area contributed by atoms with Gasteiger partial charge in [-0.15, -0.1) is 0 Å². The molecule has 0 radical (unpaired) electrons. The number of aromatic nitrogens is 2. The predicted molar refractivity (Wildman–Crippen MR) is 61.3 cm³/mol. The van der Waals surface area contributed by atoms with Gasteiger partial charge >= 0.3 is 0 Å². The van der Waals surface area contributed by atoms with Gasteiger partial charge in [-0.25, -0.2) is 4.98 Å². The molecule has 0 aliphatic carbocycles. The molecule has 1 aromatic heterocycles. The highest BCUT2D eigenvalue weighted by atomic mass is 35.5. The number of benzene rings is 1. The molecule has 1 atom stereocenters. The van der Waals surface area contributed by atoms with E-state index < -0.39 is 0 Å². The Morgan fingerprint density at radius 2 is 2.40 bits per heavy atom. The van der Waals surface area contributed by atoms with Gasteiger partial charge in [0.25, 0.3) is 0 Å². The first-order valence-electron chi connectivity index (χ1n) is 5.17. The molecule has 2 aromatic rings. The van der Waals surface area contributed by atoms with E-state index in [-0.39, 0.29) is 0 Å². The summed E-state index contributed by atoms with van der Waals surface area (Å²) in [6.07, 6.45) is 3.09. The summed E-state index contributed by atoms with van der Waals surface area (Å²) < 4.78 is 2.24. The van der Waals surface area contributed by atoms with Crippen molar-refractivity contribution in [2.75, 3.05) is 13.1 Å². The van der Waals surface area contributed by atoms with Gasteiger partial charge in [-0.3, -0.25) is 0 Å². The molecule has 3 rings (SSSR count). The fourth-order valence-corrected chi connectivity index (χ4v) is 2.34. The van der Waals surface area contributed by atoms with Crippen molar-refractivity contribution < 1.29 is 0 Å². The highest BCUT2D eigenvalue weighted by Gasteiger charge is 2.17. The zero-order valence-electron chi connectivity index (χ0n) is 8.28. The van der Waals surface area contributed by atoms with Crippen LogP contribution >= 0.6 is 11.6 Å². The first-order valence-corrected chi connectivity index (χ1v) is 5.55. The van der Waals surface area contributed by atoms with Crippen molar-refractivity contribution in [2.24, 2.45) is 0 Å². The maximum atomic E-state index is 5.93. The number of nitrogens with zero attached hydrogens (tertiary/aromatic N) is 2. The summed E-state index contributed by atoms with van der Waals surface area (Å²) in [7, 11) is 0. The third-order valence-electron chi connectivity index (χ3n) is 2.96. The Morgan fingerprint density at radius 3 is 3.20 bits per heavy atom. The summed E-state index contributed by atoms with van der Waals surface area (Å²) in [5, 5.41) is 4.11. The van der Waals surface area contributed by atoms with E-state index in [1.807, 2.05) is 24.5 Å². The Balaban J connectivity index is 2.11. The van der Waals surface area contributed by atoms with E-state index in [0.717, 1.165) is 23.6 Å². The van der Waals surface area contributed by atoms with Gasteiger partial charge in [0.05, 0.1) is 17.4 Å². The Kier molecular flexibility index (Phi) is 2.15. The first kappa shape index (κ1) is 9.19. The lowest BCUT2D eigenvalue weighted by Crippen LogP contribution is -2.12. The monoisotopic (exact) mass is 221 g/mol. The van der Waals surface area contributed by atoms with E-state index in [4.69, 9.17) is 11.6 Å². The predicted octanol–water partition coefficient (Wildman–Crippen LogP) is 2.22. The van der Waals surface area contributed by atoms with E-state index in [1.165, 1.54) is 11.9 Å². The Hall–Kier alpha value is -1.06. The average molecular weight is 222 g/mol. The van der Waals surface area contributed by atoms with Gasteiger partial charge in [-0.1, -0.05) is 11.6 Å². The minimum Gasteiger partial charge on any atom is -0.326 e. The second-order valence-electron chi connectivity index (χ2n) is 3.93. The van der Waals surface area contributed by atoms with Crippen molar-refractivity contribution in [1.29, 1.82) is 0 Å². The standard InChI is InChI=1S/C11H12ClN3/c12-8-1-2-11-10(5-8)14-7-15(11)9-3-4-13-6-9/h1-2,5,7,9,13H,3-4,6H2/t9-/m1/s1. The molecular formula is C11H12ClN3. The highest BCUT2D eigenvalue weighted by molar-refractivity contribution is 6.31. The molecule has 4 heteroatoms. The molecule has 1 aromatic carbocycles. The molecule has 78 valence electrons. The fourth-order valence-electron chi connectivity index (χ4n) is 2.17. The maximum absolute atomic E-state index is 5.93. The molecule has 15 heavy (non-hydrogen) atoms. The zero-order chi connectivity index (χ0) is 10.3. The average Bonchev–Trinajstić information content (AvgIpc) is 2.82. The number of hydrogen-bond donors (Lipinski definition) is 1. The number of fused-ring (bicyclic) bond motifs is 1. The molecule has 2 heterocycles. The van der Waals surface area contributed by atoms with Gasteiger partial charge in [-0.2, -0.15) is 0 Å². The lowest BCUT2D eigenvalue weighted by atomic mass is 10.2. The van der Waals surface area contributed by atoms with Crippen molar-refractivity contribution in [1.82, 2.24) is 14.9 Å².